The molecule has 0 heterocycles. The topological polar surface area (TPSA) is 58.6 Å². The largest absolute Gasteiger partial charge is 0.423 e. The van der Waals surface area contributed by atoms with Crippen LogP contribution in [0.25, 0.3) is 0 Å². The Kier molecular flexibility index (Phi) is 6.17. The van der Waals surface area contributed by atoms with E-state index in [9.17, 15) is 9.59 Å². The van der Waals surface area contributed by atoms with Crippen LogP contribution in [0.2, 0.25) is 0 Å². The van der Waals surface area contributed by atoms with Crippen molar-refractivity contribution >= 4 is 17.6 Å². The van der Waals surface area contributed by atoms with Gasteiger partial charge in [0.25, 0.3) is 5.91 Å². The first-order valence-corrected chi connectivity index (χ1v) is 8.37. The molecule has 2 rings (SSSR count). The van der Waals surface area contributed by atoms with E-state index in [0.717, 1.165) is 12.2 Å². The number of carbonyl (C=O) groups is 2. The van der Waals surface area contributed by atoms with Gasteiger partial charge in [0, 0.05) is 30.9 Å². The van der Waals surface area contributed by atoms with E-state index < -0.39 is 5.97 Å². The van der Waals surface area contributed by atoms with E-state index in [1.807, 2.05) is 12.1 Å². The maximum absolute atomic E-state index is 12.3. The number of hydrogen-bond donors (Lipinski definition) is 1. The van der Waals surface area contributed by atoms with Gasteiger partial charge in [-0.1, -0.05) is 6.07 Å². The van der Waals surface area contributed by atoms with Crippen LogP contribution in [0.3, 0.4) is 0 Å². The van der Waals surface area contributed by atoms with Gasteiger partial charge in [-0.05, 0) is 63.2 Å². The third kappa shape index (κ3) is 4.59. The highest BCUT2D eigenvalue weighted by atomic mass is 16.5. The maximum atomic E-state index is 12.3. The fourth-order valence-corrected chi connectivity index (χ4v) is 2.65. The molecule has 5 nitrogen and oxygen atoms in total. The quantitative estimate of drug-likeness (QED) is 0.646. The smallest absolute Gasteiger partial charge is 0.343 e. The van der Waals surface area contributed by atoms with Gasteiger partial charge in [-0.25, -0.2) is 4.79 Å². The third-order valence-corrected chi connectivity index (χ3v) is 3.93. The summed E-state index contributed by atoms with van der Waals surface area (Å²) in [6, 6.07) is 14.3. The van der Waals surface area contributed by atoms with Crippen molar-refractivity contribution in [1.82, 2.24) is 5.32 Å². The number of esters is 1. The summed E-state index contributed by atoms with van der Waals surface area (Å²) in [5.41, 5.74) is 1.98. The molecule has 0 radical (unpaired) electrons. The fourth-order valence-electron chi connectivity index (χ4n) is 2.65. The highest BCUT2D eigenvalue weighted by Crippen LogP contribution is 2.19. The average molecular weight is 340 g/mol. The Balaban J connectivity index is 2.12. The van der Waals surface area contributed by atoms with Crippen molar-refractivity contribution in [3.8, 4) is 5.75 Å². The SMILES string of the molecule is CCN(c1ccc(C(=O)Oc2cccc(C(=O)NC)c2)cc1)C(C)C. The Morgan fingerprint density at radius 1 is 1.08 bits per heavy atom. The molecule has 0 bridgehead atoms. The molecule has 0 aliphatic heterocycles. The van der Waals surface area contributed by atoms with Crippen LogP contribution in [-0.4, -0.2) is 31.5 Å². The zero-order valence-corrected chi connectivity index (χ0v) is 15.1. The molecule has 0 fully saturated rings. The van der Waals surface area contributed by atoms with Crippen molar-refractivity contribution in [3.05, 3.63) is 59.7 Å². The van der Waals surface area contributed by atoms with Gasteiger partial charge in [-0.3, -0.25) is 4.79 Å². The fraction of sp³-hybridized carbons (Fsp3) is 0.300. The monoisotopic (exact) mass is 340 g/mol. The van der Waals surface area contributed by atoms with Crippen LogP contribution in [-0.2, 0) is 0 Å². The standard InChI is InChI=1S/C20H24N2O3/c1-5-22(14(2)3)17-11-9-15(10-12-17)20(24)25-18-8-6-7-16(13-18)19(23)21-4/h6-14H,5H2,1-4H3,(H,21,23). The molecule has 0 saturated heterocycles. The summed E-state index contributed by atoms with van der Waals surface area (Å²) in [6.45, 7) is 7.26. The highest BCUT2D eigenvalue weighted by molar-refractivity contribution is 5.95. The summed E-state index contributed by atoms with van der Waals surface area (Å²) >= 11 is 0. The lowest BCUT2D eigenvalue weighted by atomic mass is 10.1. The number of benzene rings is 2. The van der Waals surface area contributed by atoms with Crippen molar-refractivity contribution in [2.45, 2.75) is 26.8 Å². The summed E-state index contributed by atoms with van der Waals surface area (Å²) in [5, 5.41) is 2.54. The molecule has 0 spiro atoms. The van der Waals surface area contributed by atoms with Gasteiger partial charge in [0.2, 0.25) is 0 Å². The second kappa shape index (κ2) is 8.33. The summed E-state index contributed by atoms with van der Waals surface area (Å²) in [4.78, 5) is 26.2. The number of nitrogens with zero attached hydrogens (tertiary/aromatic N) is 1. The maximum Gasteiger partial charge on any atom is 0.343 e. The Hall–Kier alpha value is -2.82. The van der Waals surface area contributed by atoms with E-state index in [-0.39, 0.29) is 5.91 Å². The molecular formula is C20H24N2O3. The first-order valence-electron chi connectivity index (χ1n) is 8.37. The Labute approximate surface area is 148 Å². The minimum atomic E-state index is -0.451. The van der Waals surface area contributed by atoms with Crippen LogP contribution < -0.4 is 15.0 Å². The minimum Gasteiger partial charge on any atom is -0.423 e. The second-order valence-electron chi connectivity index (χ2n) is 5.92. The molecule has 2 aromatic carbocycles. The van der Waals surface area contributed by atoms with E-state index in [1.165, 1.54) is 0 Å². The van der Waals surface area contributed by atoms with Crippen LogP contribution in [0.4, 0.5) is 5.69 Å². The van der Waals surface area contributed by atoms with E-state index in [0.29, 0.717) is 22.9 Å². The average Bonchev–Trinajstić information content (AvgIpc) is 2.62. The predicted octanol–water partition coefficient (Wildman–Crippen LogP) is 3.50. The van der Waals surface area contributed by atoms with Crippen molar-refractivity contribution in [1.29, 1.82) is 0 Å². The number of ether oxygens (including phenoxy) is 1. The summed E-state index contributed by atoms with van der Waals surface area (Å²) < 4.78 is 5.38. The molecule has 0 aliphatic rings. The van der Waals surface area contributed by atoms with Gasteiger partial charge in [0.05, 0.1) is 5.56 Å². The number of amides is 1. The Bertz CT molecular complexity index is 739. The molecule has 132 valence electrons. The highest BCUT2D eigenvalue weighted by Gasteiger charge is 2.13. The van der Waals surface area contributed by atoms with Gasteiger partial charge < -0.3 is 15.0 Å². The van der Waals surface area contributed by atoms with Gasteiger partial charge in [0.15, 0.2) is 0 Å². The lowest BCUT2D eigenvalue weighted by Gasteiger charge is -2.27. The Morgan fingerprint density at radius 2 is 1.76 bits per heavy atom. The molecule has 0 saturated carbocycles. The number of nitrogens with one attached hydrogen (secondary N) is 1. The third-order valence-electron chi connectivity index (χ3n) is 3.93. The lowest BCUT2D eigenvalue weighted by molar-refractivity contribution is 0.0733. The zero-order chi connectivity index (χ0) is 18.4. The van der Waals surface area contributed by atoms with E-state index in [2.05, 4.69) is 31.0 Å². The second-order valence-corrected chi connectivity index (χ2v) is 5.92. The van der Waals surface area contributed by atoms with E-state index in [4.69, 9.17) is 4.74 Å². The van der Waals surface area contributed by atoms with Crippen LogP contribution in [0, 0.1) is 0 Å². The van der Waals surface area contributed by atoms with Crippen molar-refractivity contribution < 1.29 is 14.3 Å². The van der Waals surface area contributed by atoms with Crippen LogP contribution >= 0.6 is 0 Å². The molecule has 2 aromatic rings. The van der Waals surface area contributed by atoms with Gasteiger partial charge >= 0.3 is 5.97 Å². The molecule has 25 heavy (non-hydrogen) atoms. The molecule has 1 amide bonds. The number of hydrogen-bond acceptors (Lipinski definition) is 4. The van der Waals surface area contributed by atoms with E-state index >= 15 is 0 Å². The van der Waals surface area contributed by atoms with E-state index in [1.54, 1.807) is 43.4 Å². The van der Waals surface area contributed by atoms with Crippen LogP contribution in [0.15, 0.2) is 48.5 Å². The number of carbonyl (C=O) groups excluding carboxylic acids is 2. The normalized spacial score (nSPS) is 10.4. The molecule has 0 unspecified atom stereocenters. The number of anilines is 1. The molecule has 5 heteroatoms. The van der Waals surface area contributed by atoms with Gasteiger partial charge in [0.1, 0.15) is 5.75 Å². The molecule has 0 aliphatic carbocycles. The van der Waals surface area contributed by atoms with Crippen LogP contribution in [0.5, 0.6) is 5.75 Å². The summed E-state index contributed by atoms with van der Waals surface area (Å²) in [6.07, 6.45) is 0. The Morgan fingerprint density at radius 3 is 2.32 bits per heavy atom. The summed E-state index contributed by atoms with van der Waals surface area (Å²) in [7, 11) is 1.55. The lowest BCUT2D eigenvalue weighted by Crippen LogP contribution is -2.30. The first kappa shape index (κ1) is 18.5. The van der Waals surface area contributed by atoms with Gasteiger partial charge in [-0.2, -0.15) is 0 Å². The molecule has 0 aromatic heterocycles. The molecular weight excluding hydrogens is 316 g/mol. The molecule has 1 N–H and O–H groups in total. The van der Waals surface area contributed by atoms with Gasteiger partial charge in [-0.15, -0.1) is 0 Å². The molecule has 0 atom stereocenters. The van der Waals surface area contributed by atoms with Crippen molar-refractivity contribution in [2.24, 2.45) is 0 Å². The van der Waals surface area contributed by atoms with Crippen LogP contribution in [0.1, 0.15) is 41.5 Å². The zero-order valence-electron chi connectivity index (χ0n) is 15.1. The number of rotatable bonds is 6. The van der Waals surface area contributed by atoms with Crippen molar-refractivity contribution in [2.75, 3.05) is 18.5 Å². The summed E-state index contributed by atoms with van der Waals surface area (Å²) in [5.74, 6) is -0.337. The minimum absolute atomic E-state index is 0.226. The van der Waals surface area contributed by atoms with Crippen molar-refractivity contribution in [3.63, 3.8) is 0 Å². The first-order chi connectivity index (χ1) is 12.0. The predicted molar refractivity (Wildman–Crippen MR) is 99.4 cm³/mol.